The minimum Gasteiger partial charge on any atom is -0.293 e. The lowest BCUT2D eigenvalue weighted by molar-refractivity contribution is -0.281. The van der Waals surface area contributed by atoms with Gasteiger partial charge in [0.2, 0.25) is 0 Å². The van der Waals surface area contributed by atoms with E-state index in [9.17, 15) is 4.79 Å². The lowest BCUT2D eigenvalue weighted by atomic mass is 9.87. The molecule has 1 aliphatic rings. The molecule has 2 atom stereocenters. The fourth-order valence-electron chi connectivity index (χ4n) is 2.73. The topological polar surface area (TPSA) is 35.5 Å². The fourth-order valence-corrected chi connectivity index (χ4v) is 2.73. The number of carbonyl (C=O) groups excluding carboxylic acids is 1. The van der Waals surface area contributed by atoms with Gasteiger partial charge >= 0.3 is 5.97 Å². The molecule has 1 aliphatic carbocycles. The molecule has 0 spiro atoms. The Morgan fingerprint density at radius 1 is 1.14 bits per heavy atom. The predicted molar refractivity (Wildman–Crippen MR) is 83.1 cm³/mol. The molecule has 0 heterocycles. The van der Waals surface area contributed by atoms with Crippen LogP contribution in [-0.4, -0.2) is 12.1 Å². The Morgan fingerprint density at radius 3 is 2.38 bits per heavy atom. The van der Waals surface area contributed by atoms with Crippen LogP contribution in [0.4, 0.5) is 0 Å². The van der Waals surface area contributed by atoms with Crippen LogP contribution in [0.2, 0.25) is 0 Å². The number of hydrogen-bond donors (Lipinski definition) is 0. The lowest BCUT2D eigenvalue weighted by Gasteiger charge is -2.25. The van der Waals surface area contributed by atoms with E-state index in [0.717, 1.165) is 19.3 Å². The monoisotopic (exact) mass is 290 g/mol. The van der Waals surface area contributed by atoms with Crippen LogP contribution in [0.1, 0.15) is 69.3 Å². The van der Waals surface area contributed by atoms with Crippen molar-refractivity contribution in [2.75, 3.05) is 0 Å². The molecular weight excluding hydrogens is 264 g/mol. The summed E-state index contributed by atoms with van der Waals surface area (Å²) >= 11 is 0. The maximum absolute atomic E-state index is 12.0. The molecule has 21 heavy (non-hydrogen) atoms. The van der Waals surface area contributed by atoms with Gasteiger partial charge in [-0.15, -0.1) is 0 Å². The van der Waals surface area contributed by atoms with Gasteiger partial charge in [0.25, 0.3) is 0 Å². The molecule has 0 saturated heterocycles. The summed E-state index contributed by atoms with van der Waals surface area (Å²) in [4.78, 5) is 22.3. The second-order valence-electron chi connectivity index (χ2n) is 7.19. The van der Waals surface area contributed by atoms with E-state index in [1.807, 2.05) is 12.1 Å². The average Bonchev–Trinajstić information content (AvgIpc) is 2.44. The molecule has 0 N–H and O–H groups in total. The van der Waals surface area contributed by atoms with Gasteiger partial charge in [-0.1, -0.05) is 52.7 Å². The molecule has 1 fully saturated rings. The smallest absolute Gasteiger partial charge is 0.293 e. The highest BCUT2D eigenvalue weighted by atomic mass is 17.2. The van der Waals surface area contributed by atoms with Gasteiger partial charge in [-0.25, -0.2) is 4.79 Å². The fraction of sp³-hybridized carbons (Fsp3) is 0.611. The van der Waals surface area contributed by atoms with Crippen molar-refractivity contribution in [3.05, 3.63) is 35.4 Å². The van der Waals surface area contributed by atoms with Crippen molar-refractivity contribution in [1.82, 2.24) is 0 Å². The Bertz CT molecular complexity index is 470. The van der Waals surface area contributed by atoms with Gasteiger partial charge in [-0.05, 0) is 41.9 Å². The van der Waals surface area contributed by atoms with Crippen molar-refractivity contribution in [3.8, 4) is 0 Å². The van der Waals surface area contributed by atoms with Crippen LogP contribution in [0.5, 0.6) is 0 Å². The van der Waals surface area contributed by atoms with Crippen molar-refractivity contribution < 1.29 is 14.6 Å². The minimum absolute atomic E-state index is 0.0477. The molecule has 2 unspecified atom stereocenters. The summed E-state index contributed by atoms with van der Waals surface area (Å²) in [6.07, 6.45) is 4.37. The highest BCUT2D eigenvalue weighted by Crippen LogP contribution is 2.26. The van der Waals surface area contributed by atoms with Crippen molar-refractivity contribution in [2.45, 2.75) is 64.9 Å². The number of benzene rings is 1. The SMILES string of the molecule is CC1CCCC(OOC(=O)c2ccc(C(C)(C)C)cc2)C1. The predicted octanol–water partition coefficient (Wildman–Crippen LogP) is 4.65. The summed E-state index contributed by atoms with van der Waals surface area (Å²) < 4.78 is 0. The molecule has 1 aromatic rings. The zero-order chi connectivity index (χ0) is 15.5. The van der Waals surface area contributed by atoms with E-state index in [2.05, 4.69) is 27.7 Å². The van der Waals surface area contributed by atoms with Gasteiger partial charge in [-0.3, -0.25) is 4.89 Å². The molecular formula is C18H26O3. The quantitative estimate of drug-likeness (QED) is 0.600. The van der Waals surface area contributed by atoms with E-state index in [1.54, 1.807) is 12.1 Å². The molecule has 2 rings (SSSR count). The molecule has 116 valence electrons. The van der Waals surface area contributed by atoms with E-state index in [-0.39, 0.29) is 11.5 Å². The van der Waals surface area contributed by atoms with Crippen LogP contribution in [-0.2, 0) is 15.2 Å². The van der Waals surface area contributed by atoms with Gasteiger partial charge in [0.1, 0.15) is 6.10 Å². The summed E-state index contributed by atoms with van der Waals surface area (Å²) in [5.41, 5.74) is 1.81. The first-order valence-corrected chi connectivity index (χ1v) is 7.84. The number of carbonyl (C=O) groups is 1. The van der Waals surface area contributed by atoms with Gasteiger partial charge < -0.3 is 0 Å². The van der Waals surface area contributed by atoms with E-state index in [1.165, 1.54) is 12.0 Å². The van der Waals surface area contributed by atoms with Gasteiger partial charge in [0.15, 0.2) is 0 Å². The highest BCUT2D eigenvalue weighted by Gasteiger charge is 2.22. The molecule has 1 saturated carbocycles. The second-order valence-corrected chi connectivity index (χ2v) is 7.19. The van der Waals surface area contributed by atoms with Crippen LogP contribution in [0, 0.1) is 5.92 Å². The van der Waals surface area contributed by atoms with E-state index in [0.29, 0.717) is 11.5 Å². The van der Waals surface area contributed by atoms with Crippen molar-refractivity contribution in [2.24, 2.45) is 5.92 Å². The molecule has 0 bridgehead atoms. The van der Waals surface area contributed by atoms with Crippen molar-refractivity contribution in [3.63, 3.8) is 0 Å². The minimum atomic E-state index is -0.409. The maximum atomic E-state index is 12.0. The van der Waals surface area contributed by atoms with Crippen LogP contribution in [0.25, 0.3) is 0 Å². The van der Waals surface area contributed by atoms with Gasteiger partial charge in [0.05, 0.1) is 5.56 Å². The maximum Gasteiger partial charge on any atom is 0.373 e. The molecule has 3 nitrogen and oxygen atoms in total. The van der Waals surface area contributed by atoms with Crippen molar-refractivity contribution in [1.29, 1.82) is 0 Å². The molecule has 1 aromatic carbocycles. The summed E-state index contributed by atoms with van der Waals surface area (Å²) in [5.74, 6) is 0.238. The zero-order valence-electron chi connectivity index (χ0n) is 13.5. The molecule has 0 aliphatic heterocycles. The van der Waals surface area contributed by atoms with Crippen LogP contribution >= 0.6 is 0 Å². The summed E-state index contributed by atoms with van der Waals surface area (Å²) in [6.45, 7) is 8.65. The summed E-state index contributed by atoms with van der Waals surface area (Å²) in [6, 6.07) is 7.55. The standard InChI is InChI=1S/C18H26O3/c1-13-6-5-7-16(12-13)20-21-17(19)14-8-10-15(11-9-14)18(2,3)4/h8-11,13,16H,5-7,12H2,1-4H3. The Kier molecular flexibility index (Phi) is 5.04. The largest absolute Gasteiger partial charge is 0.373 e. The lowest BCUT2D eigenvalue weighted by Crippen LogP contribution is -2.23. The third-order valence-electron chi connectivity index (χ3n) is 4.13. The van der Waals surface area contributed by atoms with Crippen LogP contribution < -0.4 is 0 Å². The van der Waals surface area contributed by atoms with Crippen LogP contribution in [0.15, 0.2) is 24.3 Å². The summed E-state index contributed by atoms with van der Waals surface area (Å²) in [5, 5.41) is 0. The van der Waals surface area contributed by atoms with E-state index < -0.39 is 5.97 Å². The third kappa shape index (κ3) is 4.57. The molecule has 0 aromatic heterocycles. The Labute approximate surface area is 127 Å². The first-order chi connectivity index (χ1) is 9.86. The van der Waals surface area contributed by atoms with Gasteiger partial charge in [0, 0.05) is 0 Å². The second kappa shape index (κ2) is 6.61. The molecule has 3 heteroatoms. The molecule has 0 radical (unpaired) electrons. The van der Waals surface area contributed by atoms with E-state index in [4.69, 9.17) is 9.78 Å². The number of rotatable bonds is 3. The Morgan fingerprint density at radius 2 is 1.81 bits per heavy atom. The first-order valence-electron chi connectivity index (χ1n) is 7.84. The first kappa shape index (κ1) is 16.0. The van der Waals surface area contributed by atoms with E-state index >= 15 is 0 Å². The normalized spacial score (nSPS) is 22.9. The average molecular weight is 290 g/mol. The van der Waals surface area contributed by atoms with Crippen LogP contribution in [0.3, 0.4) is 0 Å². The Balaban J connectivity index is 1.88. The zero-order valence-corrected chi connectivity index (χ0v) is 13.5. The Hall–Kier alpha value is -1.35. The summed E-state index contributed by atoms with van der Waals surface area (Å²) in [7, 11) is 0. The van der Waals surface area contributed by atoms with Crippen molar-refractivity contribution >= 4 is 5.97 Å². The molecule has 0 amide bonds. The highest BCUT2D eigenvalue weighted by molar-refractivity contribution is 5.88. The van der Waals surface area contributed by atoms with Gasteiger partial charge in [-0.2, -0.15) is 4.89 Å². The number of hydrogen-bond acceptors (Lipinski definition) is 3. The third-order valence-corrected chi connectivity index (χ3v) is 4.13.